The summed E-state index contributed by atoms with van der Waals surface area (Å²) in [6, 6.07) is 19.4. The monoisotopic (exact) mass is 460 g/mol. The predicted octanol–water partition coefficient (Wildman–Crippen LogP) is 4.12. The second-order valence-electron chi connectivity index (χ2n) is 7.32. The number of pyridine rings is 1. The molecular weight excluding hydrogens is 436 g/mol. The normalized spacial score (nSPS) is 11.8. The average molecular weight is 461 g/mol. The summed E-state index contributed by atoms with van der Waals surface area (Å²) in [6.45, 7) is 4.35. The highest BCUT2D eigenvalue weighted by Crippen LogP contribution is 2.33. The van der Waals surface area contributed by atoms with Crippen LogP contribution >= 0.6 is 11.8 Å². The van der Waals surface area contributed by atoms with Crippen LogP contribution in [0.4, 0.5) is 4.79 Å². The Morgan fingerprint density at radius 3 is 2.52 bits per heavy atom. The van der Waals surface area contributed by atoms with Crippen molar-refractivity contribution in [1.29, 1.82) is 0 Å². The van der Waals surface area contributed by atoms with Gasteiger partial charge in [-0.25, -0.2) is 9.78 Å². The third-order valence-electron chi connectivity index (χ3n) is 5.17. The summed E-state index contributed by atoms with van der Waals surface area (Å²) >= 11 is 1.26. The van der Waals surface area contributed by atoms with E-state index in [1.54, 1.807) is 6.92 Å². The Bertz CT molecular complexity index is 1310. The van der Waals surface area contributed by atoms with Crippen LogP contribution in [0, 0.1) is 0 Å². The molecule has 0 saturated carbocycles. The van der Waals surface area contributed by atoms with Crippen LogP contribution in [0.5, 0.6) is 0 Å². The average Bonchev–Trinajstić information content (AvgIpc) is 3.25. The van der Waals surface area contributed by atoms with Crippen LogP contribution in [0.15, 0.2) is 65.8 Å². The molecule has 168 valence electrons. The molecule has 2 heterocycles. The van der Waals surface area contributed by atoms with Gasteiger partial charge in [-0.05, 0) is 26.0 Å². The van der Waals surface area contributed by atoms with Gasteiger partial charge in [-0.2, -0.15) is 0 Å². The fourth-order valence-electron chi connectivity index (χ4n) is 3.47. The van der Waals surface area contributed by atoms with Crippen molar-refractivity contribution >= 4 is 34.6 Å². The number of hydrogen-bond donors (Lipinski definition) is 2. The van der Waals surface area contributed by atoms with Gasteiger partial charge in [-0.15, -0.1) is 10.2 Å². The number of carbonyl (C=O) groups is 2. The van der Waals surface area contributed by atoms with Gasteiger partial charge >= 0.3 is 6.03 Å². The molecule has 1 unspecified atom stereocenters. The number of amides is 3. The Morgan fingerprint density at radius 2 is 1.79 bits per heavy atom. The maximum Gasteiger partial charge on any atom is 0.321 e. The highest BCUT2D eigenvalue weighted by atomic mass is 32.2. The van der Waals surface area contributed by atoms with Crippen molar-refractivity contribution in [2.75, 3.05) is 7.05 Å². The van der Waals surface area contributed by atoms with Gasteiger partial charge in [0.2, 0.25) is 5.91 Å². The summed E-state index contributed by atoms with van der Waals surface area (Å²) in [4.78, 5) is 28.6. The van der Waals surface area contributed by atoms with Gasteiger partial charge in [-0.1, -0.05) is 60.3 Å². The maximum atomic E-state index is 12.3. The van der Waals surface area contributed by atoms with Crippen molar-refractivity contribution in [3.8, 4) is 22.6 Å². The number of rotatable bonds is 6. The molecule has 2 aromatic heterocycles. The van der Waals surface area contributed by atoms with E-state index in [-0.39, 0.29) is 0 Å². The van der Waals surface area contributed by atoms with Crippen molar-refractivity contribution in [3.05, 3.63) is 60.7 Å². The molecule has 0 aliphatic rings. The zero-order valence-electron chi connectivity index (χ0n) is 18.6. The molecule has 4 rings (SSSR count). The van der Waals surface area contributed by atoms with Gasteiger partial charge in [0.25, 0.3) is 0 Å². The molecule has 0 spiro atoms. The number of carbonyl (C=O) groups excluding carboxylic acids is 2. The van der Waals surface area contributed by atoms with Gasteiger partial charge in [0, 0.05) is 30.1 Å². The Hall–Kier alpha value is -3.72. The number of aromatic nitrogens is 4. The van der Waals surface area contributed by atoms with E-state index >= 15 is 0 Å². The summed E-state index contributed by atoms with van der Waals surface area (Å²) in [6.07, 6.45) is 0. The summed E-state index contributed by atoms with van der Waals surface area (Å²) in [7, 11) is 1.46. The first-order chi connectivity index (χ1) is 16.0. The number of imide groups is 1. The quantitative estimate of drug-likeness (QED) is 0.420. The summed E-state index contributed by atoms with van der Waals surface area (Å²) in [5.74, 6) is 0.307. The van der Waals surface area contributed by atoms with Crippen LogP contribution in [-0.2, 0) is 11.3 Å². The number of nitrogens with zero attached hydrogens (tertiary/aromatic N) is 4. The number of urea groups is 1. The molecule has 4 aromatic rings. The molecule has 9 heteroatoms. The Kier molecular flexibility index (Phi) is 6.69. The van der Waals surface area contributed by atoms with Crippen molar-refractivity contribution in [3.63, 3.8) is 0 Å². The first-order valence-electron chi connectivity index (χ1n) is 10.6. The summed E-state index contributed by atoms with van der Waals surface area (Å²) < 4.78 is 1.98. The lowest BCUT2D eigenvalue weighted by Gasteiger charge is -2.13. The van der Waals surface area contributed by atoms with E-state index in [1.807, 2.05) is 72.2 Å². The Labute approximate surface area is 195 Å². The van der Waals surface area contributed by atoms with Crippen LogP contribution < -0.4 is 10.6 Å². The van der Waals surface area contributed by atoms with E-state index in [0.717, 1.165) is 27.7 Å². The van der Waals surface area contributed by atoms with E-state index in [9.17, 15) is 9.59 Å². The second-order valence-corrected chi connectivity index (χ2v) is 8.63. The number of fused-ring (bicyclic) bond motifs is 1. The first-order valence-corrected chi connectivity index (χ1v) is 11.5. The van der Waals surface area contributed by atoms with Gasteiger partial charge in [0.15, 0.2) is 11.0 Å². The standard InChI is InChI=1S/C24H24N6O2S/c1-4-30-21(28-29-24(30)33-15(2)22(31)27-23(32)25-3)18-14-20(16-10-6-5-7-11-16)26-19-13-9-8-12-17(18)19/h5-15H,4H2,1-3H3,(H2,25,27,31,32). The number of thioether (sulfide) groups is 1. The van der Waals surface area contributed by atoms with E-state index in [1.165, 1.54) is 18.8 Å². The van der Waals surface area contributed by atoms with Gasteiger partial charge in [0.05, 0.1) is 16.5 Å². The van der Waals surface area contributed by atoms with E-state index < -0.39 is 17.2 Å². The minimum atomic E-state index is -0.540. The van der Waals surface area contributed by atoms with Crippen molar-refractivity contribution in [1.82, 2.24) is 30.4 Å². The third-order valence-corrected chi connectivity index (χ3v) is 6.26. The fourth-order valence-corrected chi connectivity index (χ4v) is 4.38. The lowest BCUT2D eigenvalue weighted by Crippen LogP contribution is -2.41. The van der Waals surface area contributed by atoms with Gasteiger partial charge in [-0.3, -0.25) is 10.1 Å². The smallest absolute Gasteiger partial charge is 0.321 e. The molecule has 0 saturated heterocycles. The largest absolute Gasteiger partial charge is 0.341 e. The molecule has 2 aromatic carbocycles. The molecule has 2 N–H and O–H groups in total. The first kappa shape index (κ1) is 22.5. The summed E-state index contributed by atoms with van der Waals surface area (Å²) in [5.41, 5.74) is 3.65. The van der Waals surface area contributed by atoms with E-state index in [0.29, 0.717) is 17.5 Å². The lowest BCUT2D eigenvalue weighted by atomic mass is 10.0. The lowest BCUT2D eigenvalue weighted by molar-refractivity contribution is -0.119. The SMILES string of the molecule is CCn1c(SC(C)C(=O)NC(=O)NC)nnc1-c1cc(-c2ccccc2)nc2ccccc12. The van der Waals surface area contributed by atoms with Crippen LogP contribution in [-0.4, -0.2) is 44.0 Å². The van der Waals surface area contributed by atoms with Crippen molar-refractivity contribution in [2.45, 2.75) is 30.8 Å². The second kappa shape index (κ2) is 9.83. The molecule has 0 aliphatic heterocycles. The van der Waals surface area contributed by atoms with Crippen molar-refractivity contribution < 1.29 is 9.59 Å². The predicted molar refractivity (Wildman–Crippen MR) is 130 cm³/mol. The van der Waals surface area contributed by atoms with Crippen LogP contribution in [0.3, 0.4) is 0 Å². The topological polar surface area (TPSA) is 102 Å². The summed E-state index contributed by atoms with van der Waals surface area (Å²) in [5, 5.41) is 14.6. The maximum absolute atomic E-state index is 12.3. The number of nitrogens with one attached hydrogen (secondary N) is 2. The molecule has 0 bridgehead atoms. The van der Waals surface area contributed by atoms with E-state index in [2.05, 4.69) is 20.8 Å². The molecule has 0 radical (unpaired) electrons. The van der Waals surface area contributed by atoms with Crippen molar-refractivity contribution in [2.24, 2.45) is 0 Å². The zero-order valence-corrected chi connectivity index (χ0v) is 19.4. The molecule has 33 heavy (non-hydrogen) atoms. The Morgan fingerprint density at radius 1 is 1.06 bits per heavy atom. The van der Waals surface area contributed by atoms with Gasteiger partial charge < -0.3 is 9.88 Å². The minimum absolute atomic E-state index is 0.396. The number of hydrogen-bond acceptors (Lipinski definition) is 6. The van der Waals surface area contributed by atoms with E-state index in [4.69, 9.17) is 4.98 Å². The highest BCUT2D eigenvalue weighted by molar-refractivity contribution is 8.00. The molecule has 3 amide bonds. The zero-order chi connectivity index (χ0) is 23.4. The third kappa shape index (κ3) is 4.73. The fraction of sp³-hybridized carbons (Fsp3) is 0.208. The number of para-hydroxylation sites is 1. The number of benzene rings is 2. The molecule has 1 atom stereocenters. The molecule has 0 fully saturated rings. The molecule has 0 aliphatic carbocycles. The minimum Gasteiger partial charge on any atom is -0.341 e. The van der Waals surface area contributed by atoms with Gasteiger partial charge in [0.1, 0.15) is 0 Å². The van der Waals surface area contributed by atoms with Crippen LogP contribution in [0.25, 0.3) is 33.5 Å². The highest BCUT2D eigenvalue weighted by Gasteiger charge is 2.22. The van der Waals surface area contributed by atoms with Crippen LogP contribution in [0.2, 0.25) is 0 Å². The Balaban J connectivity index is 1.75. The van der Waals surface area contributed by atoms with Crippen LogP contribution in [0.1, 0.15) is 13.8 Å². The molecular formula is C24H24N6O2S. The molecule has 8 nitrogen and oxygen atoms in total.